The van der Waals surface area contributed by atoms with Crippen LogP contribution in [-0.4, -0.2) is 16.7 Å². The number of carbonyl (C=O) groups is 2. The molecular weight excluding hydrogens is 320 g/mol. The Labute approximate surface area is 144 Å². The molecule has 0 saturated carbocycles. The van der Waals surface area contributed by atoms with Crippen LogP contribution in [0.3, 0.4) is 0 Å². The zero-order chi connectivity index (χ0) is 17.1. The van der Waals surface area contributed by atoms with Gasteiger partial charge in [0.15, 0.2) is 5.78 Å². The van der Waals surface area contributed by atoms with E-state index in [0.29, 0.717) is 16.9 Å². The lowest BCUT2D eigenvalue weighted by Gasteiger charge is -2.05. The molecule has 0 aliphatic carbocycles. The molecule has 0 atom stereocenters. The fourth-order valence-corrected chi connectivity index (χ4v) is 3.23. The summed E-state index contributed by atoms with van der Waals surface area (Å²) in [5.74, 6) is -0.311. The number of hydrogen-bond donors (Lipinski definition) is 1. The van der Waals surface area contributed by atoms with Crippen molar-refractivity contribution in [3.63, 3.8) is 0 Å². The number of nitrogens with one attached hydrogen (secondary N) is 1. The maximum atomic E-state index is 12.5. The van der Waals surface area contributed by atoms with Gasteiger partial charge in [0.2, 0.25) is 0 Å². The molecule has 0 aliphatic rings. The van der Waals surface area contributed by atoms with Crippen LogP contribution in [0.5, 0.6) is 0 Å². The Balaban J connectivity index is 1.84. The molecule has 1 aromatic heterocycles. The first-order valence-corrected chi connectivity index (χ1v) is 8.31. The fourth-order valence-electron chi connectivity index (χ4n) is 2.32. The maximum absolute atomic E-state index is 12.5. The monoisotopic (exact) mass is 336 g/mol. The van der Waals surface area contributed by atoms with Gasteiger partial charge in [0.1, 0.15) is 10.7 Å². The summed E-state index contributed by atoms with van der Waals surface area (Å²) in [6.45, 7) is 3.38. The number of carbonyl (C=O) groups excluding carboxylic acids is 2. The van der Waals surface area contributed by atoms with Gasteiger partial charge in [-0.25, -0.2) is 4.98 Å². The molecule has 0 bridgehead atoms. The Kier molecular flexibility index (Phi) is 4.53. The largest absolute Gasteiger partial charge is 0.321 e. The van der Waals surface area contributed by atoms with Gasteiger partial charge in [-0.1, -0.05) is 42.5 Å². The van der Waals surface area contributed by atoms with E-state index in [1.54, 1.807) is 24.3 Å². The third-order valence-electron chi connectivity index (χ3n) is 3.56. The summed E-state index contributed by atoms with van der Waals surface area (Å²) in [6, 6.07) is 16.7. The summed E-state index contributed by atoms with van der Waals surface area (Å²) in [6.07, 6.45) is 0. The number of hydrogen-bond acceptors (Lipinski definition) is 4. The van der Waals surface area contributed by atoms with Gasteiger partial charge in [-0.15, -0.1) is 11.3 Å². The number of amides is 1. The lowest BCUT2D eigenvalue weighted by molar-refractivity contribution is 0.100. The molecule has 0 fully saturated rings. The number of aromatic nitrogens is 1. The predicted molar refractivity (Wildman–Crippen MR) is 96.7 cm³/mol. The summed E-state index contributed by atoms with van der Waals surface area (Å²) in [7, 11) is 0. The minimum absolute atomic E-state index is 0.0395. The van der Waals surface area contributed by atoms with Gasteiger partial charge in [0.05, 0.1) is 0 Å². The Bertz CT molecular complexity index is 901. The Morgan fingerprint density at radius 3 is 2.50 bits per heavy atom. The molecule has 1 heterocycles. The molecule has 0 unspecified atom stereocenters. The average Bonchev–Trinajstić information content (AvgIpc) is 2.98. The number of ketones is 1. The van der Waals surface area contributed by atoms with Crippen molar-refractivity contribution in [1.29, 1.82) is 0 Å². The minimum Gasteiger partial charge on any atom is -0.321 e. The molecule has 1 N–H and O–H groups in total. The minimum atomic E-state index is -0.272. The van der Waals surface area contributed by atoms with E-state index in [4.69, 9.17) is 0 Å². The molecule has 0 radical (unpaired) electrons. The average molecular weight is 336 g/mol. The number of benzene rings is 2. The first kappa shape index (κ1) is 16.1. The van der Waals surface area contributed by atoms with Crippen LogP contribution in [0.15, 0.2) is 54.6 Å². The van der Waals surface area contributed by atoms with Gasteiger partial charge in [-0.2, -0.15) is 0 Å². The molecule has 24 heavy (non-hydrogen) atoms. The van der Waals surface area contributed by atoms with Crippen LogP contribution in [0.2, 0.25) is 0 Å². The van der Waals surface area contributed by atoms with E-state index in [1.165, 1.54) is 18.3 Å². The van der Waals surface area contributed by atoms with Gasteiger partial charge in [-0.05, 0) is 26.0 Å². The molecule has 0 spiro atoms. The highest BCUT2D eigenvalue weighted by atomic mass is 32.1. The van der Waals surface area contributed by atoms with E-state index in [9.17, 15) is 9.59 Å². The second kappa shape index (κ2) is 6.76. The van der Waals surface area contributed by atoms with Crippen molar-refractivity contribution >= 4 is 28.7 Å². The second-order valence-electron chi connectivity index (χ2n) is 5.38. The third kappa shape index (κ3) is 3.41. The van der Waals surface area contributed by atoms with Gasteiger partial charge in [0, 0.05) is 21.7 Å². The number of nitrogens with zero attached hydrogens (tertiary/aromatic N) is 1. The smallest absolute Gasteiger partial charge is 0.275 e. The molecule has 3 rings (SSSR count). The highest BCUT2D eigenvalue weighted by Gasteiger charge is 2.16. The van der Waals surface area contributed by atoms with Crippen molar-refractivity contribution in [1.82, 2.24) is 4.98 Å². The van der Waals surface area contributed by atoms with Crippen LogP contribution in [0.25, 0.3) is 10.6 Å². The zero-order valence-corrected chi connectivity index (χ0v) is 14.2. The third-order valence-corrected chi connectivity index (χ3v) is 4.58. The molecule has 5 heteroatoms. The number of thiazole rings is 1. The highest BCUT2D eigenvalue weighted by molar-refractivity contribution is 7.15. The topological polar surface area (TPSA) is 59.1 Å². The van der Waals surface area contributed by atoms with Crippen LogP contribution in [0.1, 0.15) is 32.6 Å². The summed E-state index contributed by atoms with van der Waals surface area (Å²) >= 11 is 1.49. The number of Topliss-reactive ketones (excluding diaryl/α,β-unsaturated/α-hetero) is 1. The van der Waals surface area contributed by atoms with Crippen LogP contribution in [0, 0.1) is 6.92 Å². The lowest BCUT2D eigenvalue weighted by atomic mass is 10.1. The van der Waals surface area contributed by atoms with Crippen LogP contribution in [-0.2, 0) is 0 Å². The molecular formula is C19H16N2O2S. The van der Waals surface area contributed by atoms with Crippen molar-refractivity contribution in [2.45, 2.75) is 13.8 Å². The summed E-state index contributed by atoms with van der Waals surface area (Å²) in [5.41, 5.74) is 2.55. The van der Waals surface area contributed by atoms with Crippen LogP contribution in [0.4, 0.5) is 5.69 Å². The molecule has 2 aromatic carbocycles. The first-order chi connectivity index (χ1) is 11.5. The fraction of sp³-hybridized carbons (Fsp3) is 0.105. The van der Waals surface area contributed by atoms with E-state index in [1.807, 2.05) is 37.3 Å². The molecule has 1 amide bonds. The van der Waals surface area contributed by atoms with Crippen molar-refractivity contribution in [2.24, 2.45) is 0 Å². The van der Waals surface area contributed by atoms with E-state index in [-0.39, 0.29) is 11.7 Å². The van der Waals surface area contributed by atoms with Crippen molar-refractivity contribution in [2.75, 3.05) is 5.32 Å². The second-order valence-corrected chi connectivity index (χ2v) is 6.58. The van der Waals surface area contributed by atoms with Crippen molar-refractivity contribution in [3.05, 3.63) is 70.7 Å². The molecule has 0 saturated heterocycles. The van der Waals surface area contributed by atoms with E-state index >= 15 is 0 Å². The van der Waals surface area contributed by atoms with Gasteiger partial charge in [0.25, 0.3) is 5.91 Å². The maximum Gasteiger partial charge on any atom is 0.275 e. The van der Waals surface area contributed by atoms with Gasteiger partial charge in [-0.3, -0.25) is 9.59 Å². The number of aryl methyl sites for hydroxylation is 1. The summed E-state index contributed by atoms with van der Waals surface area (Å²) in [4.78, 5) is 29.3. The van der Waals surface area contributed by atoms with Crippen molar-refractivity contribution < 1.29 is 9.59 Å². The number of anilines is 1. The normalized spacial score (nSPS) is 10.4. The summed E-state index contributed by atoms with van der Waals surface area (Å²) < 4.78 is 0. The standard InChI is InChI=1S/C19H16N2O2S/c1-12(22)15-9-6-10-16(11-15)20-18(23)17-13(2)24-19(21-17)14-7-4-3-5-8-14/h3-11H,1-2H3,(H,20,23). The highest BCUT2D eigenvalue weighted by Crippen LogP contribution is 2.28. The Hall–Kier alpha value is -2.79. The van der Waals surface area contributed by atoms with Crippen LogP contribution >= 0.6 is 11.3 Å². The van der Waals surface area contributed by atoms with Crippen molar-refractivity contribution in [3.8, 4) is 10.6 Å². The molecule has 120 valence electrons. The summed E-state index contributed by atoms with van der Waals surface area (Å²) in [5, 5.41) is 3.63. The zero-order valence-electron chi connectivity index (χ0n) is 13.4. The quantitative estimate of drug-likeness (QED) is 0.710. The number of rotatable bonds is 4. The predicted octanol–water partition coefficient (Wildman–Crippen LogP) is 4.57. The van der Waals surface area contributed by atoms with E-state index in [2.05, 4.69) is 10.3 Å². The lowest BCUT2D eigenvalue weighted by Crippen LogP contribution is -2.13. The molecule has 0 aliphatic heterocycles. The first-order valence-electron chi connectivity index (χ1n) is 7.50. The van der Waals surface area contributed by atoms with E-state index < -0.39 is 0 Å². The van der Waals surface area contributed by atoms with E-state index in [0.717, 1.165) is 15.4 Å². The van der Waals surface area contributed by atoms with Gasteiger partial charge < -0.3 is 5.32 Å². The van der Waals surface area contributed by atoms with Gasteiger partial charge >= 0.3 is 0 Å². The Morgan fingerprint density at radius 1 is 1.04 bits per heavy atom. The van der Waals surface area contributed by atoms with Crippen LogP contribution < -0.4 is 5.32 Å². The molecule has 3 aromatic rings. The molecule has 4 nitrogen and oxygen atoms in total. The Morgan fingerprint density at radius 2 is 1.79 bits per heavy atom. The SMILES string of the molecule is CC(=O)c1cccc(NC(=O)c2nc(-c3ccccc3)sc2C)c1.